The first-order chi connectivity index (χ1) is 27.8. The Balaban J connectivity index is 1.01. The molecule has 4 nitrogen and oxygen atoms in total. The van der Waals surface area contributed by atoms with E-state index < -0.39 is 0 Å². The minimum absolute atomic E-state index is 0.124. The van der Waals surface area contributed by atoms with Crippen LogP contribution in [0.15, 0.2) is 181 Å². The number of benzene rings is 7. The molecule has 274 valence electrons. The molecule has 2 aliphatic carbocycles. The summed E-state index contributed by atoms with van der Waals surface area (Å²) >= 11 is 0. The molecule has 0 saturated heterocycles. The lowest BCUT2D eigenvalue weighted by Crippen LogP contribution is -2.31. The first-order valence-electron chi connectivity index (χ1n) is 20.1. The van der Waals surface area contributed by atoms with Crippen molar-refractivity contribution in [2.24, 2.45) is 0 Å². The summed E-state index contributed by atoms with van der Waals surface area (Å²) in [6, 6.07) is 58.5. The molecule has 0 amide bonds. The Bertz CT molecular complexity index is 3090. The maximum atomic E-state index is 2.52. The molecule has 0 N–H and O–H groups in total. The summed E-state index contributed by atoms with van der Waals surface area (Å²) in [7, 11) is 2.20. The summed E-state index contributed by atoms with van der Waals surface area (Å²) in [4.78, 5) is 7.34. The summed E-state index contributed by atoms with van der Waals surface area (Å²) < 4.78 is 2.47. The van der Waals surface area contributed by atoms with Gasteiger partial charge in [-0.3, -0.25) is 0 Å². The summed E-state index contributed by atoms with van der Waals surface area (Å²) in [6.45, 7) is 7.35. The van der Waals surface area contributed by atoms with Gasteiger partial charge in [0.1, 0.15) is 0 Å². The van der Waals surface area contributed by atoms with Crippen LogP contribution >= 0.6 is 0 Å². The molecule has 1 unspecified atom stereocenters. The highest BCUT2D eigenvalue weighted by Gasteiger charge is 2.50. The molecular weight excluding hydrogens is 693 g/mol. The third-order valence-corrected chi connectivity index (χ3v) is 13.5. The van der Waals surface area contributed by atoms with Crippen LogP contribution in [-0.4, -0.2) is 11.6 Å². The van der Waals surface area contributed by atoms with E-state index in [1.165, 1.54) is 101 Å². The van der Waals surface area contributed by atoms with Gasteiger partial charge in [0, 0.05) is 57.0 Å². The largest absolute Gasteiger partial charge is 0.342 e. The van der Waals surface area contributed by atoms with Gasteiger partial charge in [0.25, 0.3) is 0 Å². The molecule has 4 aliphatic rings. The zero-order valence-corrected chi connectivity index (χ0v) is 32.7. The lowest BCUT2D eigenvalue weighted by Gasteiger charge is -2.38. The molecule has 0 radical (unpaired) electrons. The molecule has 1 atom stereocenters. The summed E-state index contributed by atoms with van der Waals surface area (Å²) in [6.07, 6.45) is 5.93. The van der Waals surface area contributed by atoms with Crippen LogP contribution in [0, 0.1) is 0 Å². The van der Waals surface area contributed by atoms with Crippen molar-refractivity contribution in [3.8, 4) is 16.8 Å². The molecule has 57 heavy (non-hydrogen) atoms. The number of fused-ring (bicyclic) bond motifs is 13. The molecule has 7 aromatic carbocycles. The summed E-state index contributed by atoms with van der Waals surface area (Å²) in [5.41, 5.74) is 19.7. The molecule has 4 heteroatoms. The quantitative estimate of drug-likeness (QED) is 0.176. The second kappa shape index (κ2) is 11.4. The normalized spacial score (nSPS) is 18.4. The predicted octanol–water partition coefficient (Wildman–Crippen LogP) is 13.9. The van der Waals surface area contributed by atoms with Crippen molar-refractivity contribution in [3.63, 3.8) is 0 Å². The monoisotopic (exact) mass is 734 g/mol. The van der Waals surface area contributed by atoms with Crippen LogP contribution in [0.2, 0.25) is 0 Å². The number of hydrogen-bond donors (Lipinski definition) is 0. The molecule has 2 bridgehead atoms. The number of hydrogen-bond acceptors (Lipinski definition) is 3. The number of anilines is 7. The van der Waals surface area contributed by atoms with Gasteiger partial charge in [0.15, 0.2) is 0 Å². The smallest absolute Gasteiger partial charge is 0.0783 e. The van der Waals surface area contributed by atoms with Gasteiger partial charge in [-0.05, 0) is 101 Å². The Hall–Kier alpha value is -6.78. The van der Waals surface area contributed by atoms with Crippen LogP contribution < -0.4 is 14.7 Å². The molecule has 3 heterocycles. The van der Waals surface area contributed by atoms with E-state index in [2.05, 4.69) is 217 Å². The van der Waals surface area contributed by atoms with Crippen LogP contribution in [0.4, 0.5) is 39.8 Å². The molecule has 8 aromatic rings. The first-order valence-corrected chi connectivity index (χ1v) is 20.1. The average molecular weight is 735 g/mol. The van der Waals surface area contributed by atoms with E-state index >= 15 is 0 Å². The number of rotatable bonds is 2. The van der Waals surface area contributed by atoms with Gasteiger partial charge >= 0.3 is 0 Å². The van der Waals surface area contributed by atoms with E-state index in [0.717, 1.165) is 6.42 Å². The fourth-order valence-electron chi connectivity index (χ4n) is 10.9. The Morgan fingerprint density at radius 2 is 1.16 bits per heavy atom. The second-order valence-corrected chi connectivity index (χ2v) is 16.9. The van der Waals surface area contributed by atoms with Gasteiger partial charge in [-0.2, -0.15) is 0 Å². The number of aromatic nitrogens is 1. The highest BCUT2D eigenvalue weighted by Crippen LogP contribution is 2.60. The van der Waals surface area contributed by atoms with Crippen molar-refractivity contribution in [3.05, 3.63) is 192 Å². The van der Waals surface area contributed by atoms with E-state index in [9.17, 15) is 0 Å². The second-order valence-electron chi connectivity index (χ2n) is 16.9. The van der Waals surface area contributed by atoms with Crippen molar-refractivity contribution in [1.82, 2.24) is 4.57 Å². The van der Waals surface area contributed by atoms with Gasteiger partial charge in [0.2, 0.25) is 0 Å². The van der Waals surface area contributed by atoms with E-state index in [1.54, 1.807) is 0 Å². The Morgan fingerprint density at radius 3 is 2.00 bits per heavy atom. The van der Waals surface area contributed by atoms with Crippen LogP contribution in [0.25, 0.3) is 38.6 Å². The Labute approximate surface area is 333 Å². The maximum absolute atomic E-state index is 2.52. The lowest BCUT2D eigenvalue weighted by atomic mass is 9.70. The van der Waals surface area contributed by atoms with Crippen LogP contribution in [-0.2, 0) is 10.8 Å². The van der Waals surface area contributed by atoms with Crippen LogP contribution in [0.1, 0.15) is 38.3 Å². The van der Waals surface area contributed by atoms with Gasteiger partial charge in [-0.15, -0.1) is 0 Å². The fourth-order valence-corrected chi connectivity index (χ4v) is 10.9. The number of para-hydroxylation sites is 7. The maximum Gasteiger partial charge on any atom is 0.0783 e. The molecule has 12 rings (SSSR count). The molecule has 0 fully saturated rings. The Morgan fingerprint density at radius 1 is 0.509 bits per heavy atom. The van der Waals surface area contributed by atoms with Crippen molar-refractivity contribution >= 4 is 61.6 Å². The van der Waals surface area contributed by atoms with Gasteiger partial charge in [-0.25, -0.2) is 0 Å². The van der Waals surface area contributed by atoms with E-state index in [4.69, 9.17) is 0 Å². The topological polar surface area (TPSA) is 14.7 Å². The third-order valence-electron chi connectivity index (χ3n) is 13.5. The molecular formula is C53H42N4. The van der Waals surface area contributed by atoms with Crippen LogP contribution in [0.5, 0.6) is 0 Å². The summed E-state index contributed by atoms with van der Waals surface area (Å²) in [5.74, 6) is 0. The standard InChI is InChI=1S/C53H42N4/c1-52(2)42-32-36(56-47-24-11-12-25-48(47)57-44-21-8-6-18-39(44)40-19-14-26-49(56)51(40)57)27-28-41(42)53(3)30-29-37(33-50(52)53)55-35-16-13-15-34(31-35)38-17-5-7-20-43(38)54(4)45-22-9-10-23-46(45)55/h5-29,31-33H,30H2,1-4H3. The highest BCUT2D eigenvalue weighted by molar-refractivity contribution is 6.16. The number of nitrogens with zero attached hydrogens (tertiary/aromatic N) is 4. The molecule has 0 saturated carbocycles. The van der Waals surface area contributed by atoms with Crippen molar-refractivity contribution in [1.29, 1.82) is 0 Å². The van der Waals surface area contributed by atoms with Crippen molar-refractivity contribution in [2.45, 2.75) is 38.0 Å². The zero-order valence-electron chi connectivity index (χ0n) is 32.7. The van der Waals surface area contributed by atoms with Crippen molar-refractivity contribution < 1.29 is 0 Å². The third kappa shape index (κ3) is 4.28. The highest BCUT2D eigenvalue weighted by atomic mass is 15.2. The first kappa shape index (κ1) is 32.5. The summed E-state index contributed by atoms with van der Waals surface area (Å²) in [5, 5.41) is 2.57. The predicted molar refractivity (Wildman–Crippen MR) is 239 cm³/mol. The zero-order chi connectivity index (χ0) is 38.2. The fraction of sp³-hybridized carbons (Fsp3) is 0.132. The average Bonchev–Trinajstić information content (AvgIpc) is 3.68. The lowest BCUT2D eigenvalue weighted by molar-refractivity contribution is 0.508. The van der Waals surface area contributed by atoms with E-state index in [0.29, 0.717) is 0 Å². The van der Waals surface area contributed by atoms with Gasteiger partial charge < -0.3 is 19.3 Å². The molecule has 0 spiro atoms. The van der Waals surface area contributed by atoms with Crippen molar-refractivity contribution in [2.75, 3.05) is 21.7 Å². The minimum atomic E-state index is -0.205. The van der Waals surface area contributed by atoms with Gasteiger partial charge in [0.05, 0.1) is 39.5 Å². The van der Waals surface area contributed by atoms with Gasteiger partial charge in [-0.1, -0.05) is 118 Å². The van der Waals surface area contributed by atoms with E-state index in [-0.39, 0.29) is 10.8 Å². The minimum Gasteiger partial charge on any atom is -0.342 e. The number of allylic oxidation sites excluding steroid dienone is 3. The van der Waals surface area contributed by atoms with E-state index in [1.807, 2.05) is 0 Å². The molecule has 1 aromatic heterocycles. The molecule has 2 aliphatic heterocycles. The van der Waals surface area contributed by atoms with Crippen LogP contribution in [0.3, 0.4) is 0 Å². The Kier molecular flexibility index (Phi) is 6.49. The SMILES string of the molecule is CN1c2ccccc2-c2cccc(c2)N(C2=CCC3(C)C(=C2)C(C)(C)c2cc(N4c5ccccc5-n5c6ccccc6c6cccc4c65)ccc23)c2ccccc21.